The predicted octanol–water partition coefficient (Wildman–Crippen LogP) is 1.28. The van der Waals surface area contributed by atoms with Crippen molar-refractivity contribution in [1.82, 2.24) is 9.97 Å². The molecule has 31 heavy (non-hydrogen) atoms. The largest absolute Gasteiger partial charge is 0.489 e. The number of carbonyl (C=O) groups excluding carboxylic acids is 1. The molecule has 1 amide bonds. The molecule has 1 aliphatic carbocycles. The Labute approximate surface area is 185 Å². The number of nitrogens with zero attached hydrogens (tertiary/aromatic N) is 2. The molecule has 0 saturated heterocycles. The number of ether oxygens (including phenoxy) is 2. The fourth-order valence-electron chi connectivity index (χ4n) is 2.92. The molecule has 12 heteroatoms. The Morgan fingerprint density at radius 1 is 1.35 bits per heavy atom. The highest BCUT2D eigenvalue weighted by atomic mass is 32.1. The molecule has 6 N–H and O–H groups in total. The summed E-state index contributed by atoms with van der Waals surface area (Å²) < 4.78 is 11.0. The summed E-state index contributed by atoms with van der Waals surface area (Å²) in [6.07, 6.45) is 3.07. The first kappa shape index (κ1) is 22.4. The summed E-state index contributed by atoms with van der Waals surface area (Å²) in [6, 6.07) is 5.72. The smallest absolute Gasteiger partial charge is 0.329 e. The molecule has 1 atom stereocenters. The van der Waals surface area contributed by atoms with Crippen molar-refractivity contribution in [3.8, 4) is 5.75 Å². The first-order chi connectivity index (χ1) is 14.5. The van der Waals surface area contributed by atoms with Crippen LogP contribution >= 0.6 is 13.5 Å². The van der Waals surface area contributed by atoms with Crippen molar-refractivity contribution in [3.63, 3.8) is 0 Å². The van der Waals surface area contributed by atoms with Crippen LogP contribution in [0.3, 0.4) is 0 Å². The van der Waals surface area contributed by atoms with E-state index in [0.29, 0.717) is 35.8 Å². The molecule has 0 radical (unpaired) electrons. The summed E-state index contributed by atoms with van der Waals surface area (Å²) >= 11 is 0. The molecule has 0 unspecified atom stereocenters. The van der Waals surface area contributed by atoms with E-state index in [0.717, 1.165) is 18.5 Å². The topological polar surface area (TPSA) is 161 Å². The summed E-state index contributed by atoms with van der Waals surface area (Å²) in [5, 5.41) is 18.2. The number of nitrogens with two attached hydrogens (primary N) is 1. The normalized spacial score (nSPS) is 17.1. The highest BCUT2D eigenvalue weighted by molar-refractivity contribution is 7.59. The van der Waals surface area contributed by atoms with Crippen LogP contribution in [-0.2, 0) is 9.53 Å². The monoisotopic (exact) mass is 448 g/mol. The van der Waals surface area contributed by atoms with Crippen molar-refractivity contribution in [2.45, 2.75) is 25.0 Å². The summed E-state index contributed by atoms with van der Waals surface area (Å²) in [4.78, 5) is 30.9. The summed E-state index contributed by atoms with van der Waals surface area (Å²) in [5.74, 6) is -0.252. The van der Waals surface area contributed by atoms with Gasteiger partial charge in [-0.15, -0.1) is 0 Å². The van der Waals surface area contributed by atoms with Crippen molar-refractivity contribution in [1.29, 1.82) is 0 Å². The molecule has 11 nitrogen and oxygen atoms in total. The molecular weight excluding hydrogens is 424 g/mol. The van der Waals surface area contributed by atoms with E-state index < -0.39 is 11.9 Å². The van der Waals surface area contributed by atoms with Crippen LogP contribution in [0, 0.1) is 0 Å². The molecule has 1 fully saturated rings. The van der Waals surface area contributed by atoms with E-state index in [1.165, 1.54) is 6.20 Å². The standard InChI is InChI=1S/C19H22N6O5.H2S/c20-17(28)13-7-22-19(25-18(13)23-10-1-2-10)24-11-3-4-15-14(5-11)21-6-12(8-30-15)29-9-16(26)27;/h3-5,7,10,12,21H,1-2,6,8-9H2,(H2,20,28)(H,26,27)(H2,22,23,24,25);1H2/t12-;/m0./s1. The molecular formula is C19H24N6O5S. The van der Waals surface area contributed by atoms with E-state index in [2.05, 4.69) is 25.9 Å². The van der Waals surface area contributed by atoms with Crippen LogP contribution in [0.5, 0.6) is 5.75 Å². The molecule has 0 bridgehead atoms. The Morgan fingerprint density at radius 2 is 2.16 bits per heavy atom. The van der Waals surface area contributed by atoms with Gasteiger partial charge in [0.1, 0.15) is 30.9 Å². The molecule has 2 aromatic rings. The van der Waals surface area contributed by atoms with E-state index in [9.17, 15) is 9.59 Å². The Balaban J connectivity index is 0.00000272. The average molecular weight is 449 g/mol. The molecule has 0 spiro atoms. The third kappa shape index (κ3) is 5.89. The number of nitrogens with one attached hydrogen (secondary N) is 3. The summed E-state index contributed by atoms with van der Waals surface area (Å²) in [7, 11) is 0. The number of anilines is 4. The number of benzene rings is 1. The molecule has 4 rings (SSSR count). The quantitative estimate of drug-likeness (QED) is 0.398. The first-order valence-corrected chi connectivity index (χ1v) is 9.52. The van der Waals surface area contributed by atoms with Gasteiger partial charge in [0.25, 0.3) is 5.91 Å². The molecule has 2 aliphatic rings. The van der Waals surface area contributed by atoms with E-state index in [1.807, 2.05) is 6.07 Å². The van der Waals surface area contributed by atoms with Crippen LogP contribution in [0.1, 0.15) is 23.2 Å². The van der Waals surface area contributed by atoms with Gasteiger partial charge in [-0.05, 0) is 31.0 Å². The SMILES string of the molecule is NC(=O)c1cnc(Nc2ccc3c(c2)NC[C@H](OCC(=O)O)CO3)nc1NC1CC1.S. The fourth-order valence-corrected chi connectivity index (χ4v) is 2.92. The van der Waals surface area contributed by atoms with Gasteiger partial charge in [-0.3, -0.25) is 4.79 Å². The number of carboxylic acid groups (broad SMARTS) is 1. The maximum Gasteiger partial charge on any atom is 0.329 e. The van der Waals surface area contributed by atoms with Gasteiger partial charge in [0.05, 0.1) is 11.3 Å². The van der Waals surface area contributed by atoms with Gasteiger partial charge in [-0.2, -0.15) is 18.5 Å². The number of carbonyl (C=O) groups is 2. The number of hydrogen-bond acceptors (Lipinski definition) is 9. The number of hydrogen-bond donors (Lipinski definition) is 5. The Kier molecular flexibility index (Phi) is 7.02. The van der Waals surface area contributed by atoms with Crippen molar-refractivity contribution < 1.29 is 24.2 Å². The van der Waals surface area contributed by atoms with Crippen LogP contribution < -0.4 is 26.4 Å². The van der Waals surface area contributed by atoms with Gasteiger partial charge in [0, 0.05) is 24.5 Å². The first-order valence-electron chi connectivity index (χ1n) is 9.52. The van der Waals surface area contributed by atoms with Gasteiger partial charge in [0.15, 0.2) is 0 Å². The highest BCUT2D eigenvalue weighted by Crippen LogP contribution is 2.31. The Morgan fingerprint density at radius 3 is 2.87 bits per heavy atom. The van der Waals surface area contributed by atoms with E-state index >= 15 is 0 Å². The lowest BCUT2D eigenvalue weighted by molar-refractivity contribution is -0.144. The Hall–Kier alpha value is -3.25. The van der Waals surface area contributed by atoms with Gasteiger partial charge in [0.2, 0.25) is 5.95 Å². The third-order valence-electron chi connectivity index (χ3n) is 4.60. The van der Waals surface area contributed by atoms with Crippen molar-refractivity contribution >= 4 is 48.5 Å². The molecule has 1 aromatic heterocycles. The zero-order valence-electron chi connectivity index (χ0n) is 16.6. The maximum atomic E-state index is 11.6. The average Bonchev–Trinajstić information content (AvgIpc) is 3.53. The lowest BCUT2D eigenvalue weighted by atomic mass is 10.2. The van der Waals surface area contributed by atoms with Crippen molar-refractivity contribution in [2.24, 2.45) is 5.73 Å². The zero-order valence-corrected chi connectivity index (χ0v) is 17.6. The number of fused-ring (bicyclic) bond motifs is 1. The molecule has 166 valence electrons. The van der Waals surface area contributed by atoms with Gasteiger partial charge in [-0.1, -0.05) is 0 Å². The Bertz CT molecular complexity index is 971. The van der Waals surface area contributed by atoms with Crippen molar-refractivity contribution in [3.05, 3.63) is 30.0 Å². The lowest BCUT2D eigenvalue weighted by Crippen LogP contribution is -2.29. The second-order valence-corrected chi connectivity index (χ2v) is 7.09. The predicted molar refractivity (Wildman–Crippen MR) is 119 cm³/mol. The fraction of sp³-hybridized carbons (Fsp3) is 0.368. The van der Waals surface area contributed by atoms with Crippen LogP contribution in [0.2, 0.25) is 0 Å². The number of aromatic nitrogens is 2. The van der Waals surface area contributed by atoms with E-state index in [-0.39, 0.29) is 38.4 Å². The second-order valence-electron chi connectivity index (χ2n) is 7.09. The van der Waals surface area contributed by atoms with Crippen LogP contribution in [-0.4, -0.2) is 58.9 Å². The minimum Gasteiger partial charge on any atom is -0.489 e. The van der Waals surface area contributed by atoms with E-state index in [4.69, 9.17) is 20.3 Å². The van der Waals surface area contributed by atoms with Crippen molar-refractivity contribution in [2.75, 3.05) is 35.7 Å². The number of carboxylic acids is 1. The minimum absolute atomic E-state index is 0. The third-order valence-corrected chi connectivity index (χ3v) is 4.60. The zero-order chi connectivity index (χ0) is 21.1. The van der Waals surface area contributed by atoms with E-state index in [1.54, 1.807) is 12.1 Å². The molecule has 1 aromatic carbocycles. The number of rotatable bonds is 8. The molecule has 1 saturated carbocycles. The van der Waals surface area contributed by atoms with Crippen LogP contribution in [0.25, 0.3) is 0 Å². The van der Waals surface area contributed by atoms with Crippen LogP contribution in [0.4, 0.5) is 23.1 Å². The molecule has 1 aliphatic heterocycles. The summed E-state index contributed by atoms with van der Waals surface area (Å²) in [5.41, 5.74) is 7.09. The summed E-state index contributed by atoms with van der Waals surface area (Å²) in [6.45, 7) is 0.270. The number of amides is 1. The maximum absolute atomic E-state index is 11.6. The van der Waals surface area contributed by atoms with Gasteiger partial charge >= 0.3 is 5.97 Å². The number of primary amides is 1. The highest BCUT2D eigenvalue weighted by Gasteiger charge is 2.24. The van der Waals surface area contributed by atoms with Crippen LogP contribution in [0.15, 0.2) is 24.4 Å². The number of aliphatic carboxylic acids is 1. The second kappa shape index (κ2) is 9.71. The van der Waals surface area contributed by atoms with Gasteiger partial charge < -0.3 is 36.3 Å². The molecule has 2 heterocycles. The lowest BCUT2D eigenvalue weighted by Gasteiger charge is -2.13. The minimum atomic E-state index is -1.03. The van der Waals surface area contributed by atoms with Gasteiger partial charge in [-0.25, -0.2) is 9.78 Å².